The van der Waals surface area contributed by atoms with Gasteiger partial charge in [0.05, 0.1) is 4.88 Å². The number of nitrogens with one attached hydrogen (secondary N) is 2. The first kappa shape index (κ1) is 14.9. The minimum Gasteiger partial charge on any atom is -0.374 e. The number of aromatic nitrogens is 2. The summed E-state index contributed by atoms with van der Waals surface area (Å²) in [7, 11) is 0. The maximum absolute atomic E-state index is 11.4. The third-order valence-corrected chi connectivity index (χ3v) is 4.80. The van der Waals surface area contributed by atoms with E-state index in [1.807, 2.05) is 36.6 Å². The van der Waals surface area contributed by atoms with Gasteiger partial charge < -0.3 is 15.2 Å². The summed E-state index contributed by atoms with van der Waals surface area (Å²) >= 11 is 1.58. The molecule has 3 heterocycles. The number of hydrogen-bond donors (Lipinski definition) is 2. The Morgan fingerprint density at radius 2 is 2.25 bits per heavy atom. The molecule has 6 nitrogen and oxygen atoms in total. The van der Waals surface area contributed by atoms with Crippen molar-refractivity contribution in [3.05, 3.63) is 47.2 Å². The molecule has 0 fully saturated rings. The van der Waals surface area contributed by atoms with E-state index in [0.717, 1.165) is 28.2 Å². The van der Waals surface area contributed by atoms with Gasteiger partial charge in [0.25, 0.3) is 0 Å². The highest BCUT2D eigenvalue weighted by molar-refractivity contribution is 7.13. The zero-order chi connectivity index (χ0) is 16.5. The summed E-state index contributed by atoms with van der Waals surface area (Å²) < 4.78 is 5.38. The number of aryl methyl sites for hydroxylation is 1. The molecule has 1 atom stereocenters. The normalized spacial score (nSPS) is 14.8. The van der Waals surface area contributed by atoms with Crippen molar-refractivity contribution in [3.63, 3.8) is 0 Å². The number of thiophene rings is 1. The van der Waals surface area contributed by atoms with Crippen LogP contribution in [-0.4, -0.2) is 16.0 Å². The number of anilines is 2. The standard InChI is InChI=1S/C17H16N4O2S/c1-10(17-20-16(21-23-17)14-3-2-8-24-14)18-12-5-6-13-11(9-12)4-7-15(22)19-13/h2-3,5-6,8-10,18H,4,7H2,1H3,(H,19,22)/t10-/m0/s1. The molecule has 0 unspecified atom stereocenters. The fraction of sp³-hybridized carbons (Fsp3) is 0.235. The van der Waals surface area contributed by atoms with E-state index in [-0.39, 0.29) is 11.9 Å². The molecule has 1 amide bonds. The van der Waals surface area contributed by atoms with Crippen molar-refractivity contribution in [1.82, 2.24) is 10.1 Å². The van der Waals surface area contributed by atoms with Crippen LogP contribution in [-0.2, 0) is 11.2 Å². The number of carbonyl (C=O) groups excluding carboxylic acids is 1. The Hall–Kier alpha value is -2.67. The van der Waals surface area contributed by atoms with E-state index in [2.05, 4.69) is 26.8 Å². The Bertz CT molecular complexity index is 873. The predicted octanol–water partition coefficient (Wildman–Crippen LogP) is 3.86. The Morgan fingerprint density at radius 1 is 1.33 bits per heavy atom. The Morgan fingerprint density at radius 3 is 3.08 bits per heavy atom. The predicted molar refractivity (Wildman–Crippen MR) is 93.0 cm³/mol. The molecule has 24 heavy (non-hydrogen) atoms. The lowest BCUT2D eigenvalue weighted by Gasteiger charge is -2.19. The first-order valence-corrected chi connectivity index (χ1v) is 8.64. The van der Waals surface area contributed by atoms with E-state index in [0.29, 0.717) is 18.1 Å². The molecule has 0 aliphatic carbocycles. The fourth-order valence-electron chi connectivity index (χ4n) is 2.70. The van der Waals surface area contributed by atoms with Crippen LogP contribution in [0.25, 0.3) is 10.7 Å². The lowest BCUT2D eigenvalue weighted by molar-refractivity contribution is -0.116. The van der Waals surface area contributed by atoms with Crippen molar-refractivity contribution in [2.24, 2.45) is 0 Å². The molecule has 0 saturated heterocycles. The van der Waals surface area contributed by atoms with Gasteiger partial charge in [-0.15, -0.1) is 11.3 Å². The maximum atomic E-state index is 11.4. The summed E-state index contributed by atoms with van der Waals surface area (Å²) in [6.07, 6.45) is 1.29. The summed E-state index contributed by atoms with van der Waals surface area (Å²) in [5, 5.41) is 12.3. The Labute approximate surface area is 142 Å². The molecule has 2 N–H and O–H groups in total. The minimum absolute atomic E-state index is 0.0727. The summed E-state index contributed by atoms with van der Waals surface area (Å²) in [6.45, 7) is 1.98. The Balaban J connectivity index is 1.50. The number of rotatable bonds is 4. The minimum atomic E-state index is -0.109. The van der Waals surface area contributed by atoms with E-state index < -0.39 is 0 Å². The lowest BCUT2D eigenvalue weighted by Crippen LogP contribution is -2.19. The van der Waals surface area contributed by atoms with Gasteiger partial charge in [-0.1, -0.05) is 11.2 Å². The third kappa shape index (κ3) is 2.90. The molecule has 0 bridgehead atoms. The van der Waals surface area contributed by atoms with Crippen molar-refractivity contribution >= 4 is 28.6 Å². The van der Waals surface area contributed by atoms with Crippen molar-refractivity contribution in [1.29, 1.82) is 0 Å². The van der Waals surface area contributed by atoms with Gasteiger partial charge in [0.15, 0.2) is 0 Å². The van der Waals surface area contributed by atoms with Gasteiger partial charge >= 0.3 is 0 Å². The van der Waals surface area contributed by atoms with Crippen LogP contribution in [0.5, 0.6) is 0 Å². The van der Waals surface area contributed by atoms with Crippen LogP contribution in [0.1, 0.15) is 30.8 Å². The molecule has 4 rings (SSSR count). The van der Waals surface area contributed by atoms with E-state index >= 15 is 0 Å². The van der Waals surface area contributed by atoms with Crippen LogP contribution in [0.4, 0.5) is 11.4 Å². The molecule has 0 saturated carbocycles. The van der Waals surface area contributed by atoms with Gasteiger partial charge in [0.2, 0.25) is 17.6 Å². The molecule has 0 spiro atoms. The third-order valence-electron chi connectivity index (χ3n) is 3.94. The second-order valence-corrected chi connectivity index (χ2v) is 6.67. The first-order chi connectivity index (χ1) is 11.7. The molecule has 2 aromatic heterocycles. The Kier molecular flexibility index (Phi) is 3.78. The van der Waals surface area contributed by atoms with Gasteiger partial charge in [-0.3, -0.25) is 4.79 Å². The molecular formula is C17H16N4O2S. The summed E-state index contributed by atoms with van der Waals surface area (Å²) in [5.74, 6) is 1.23. The number of carbonyl (C=O) groups is 1. The second-order valence-electron chi connectivity index (χ2n) is 5.72. The van der Waals surface area contributed by atoms with Crippen LogP contribution >= 0.6 is 11.3 Å². The molecule has 1 aliphatic heterocycles. The van der Waals surface area contributed by atoms with Crippen molar-refractivity contribution in [3.8, 4) is 10.7 Å². The van der Waals surface area contributed by atoms with E-state index in [9.17, 15) is 4.79 Å². The number of benzene rings is 1. The summed E-state index contributed by atoms with van der Waals surface area (Å²) in [5.41, 5.74) is 2.99. The van der Waals surface area contributed by atoms with Crippen molar-refractivity contribution < 1.29 is 9.32 Å². The molecule has 122 valence electrons. The molecule has 3 aromatic rings. The van der Waals surface area contributed by atoms with Crippen molar-refractivity contribution in [2.75, 3.05) is 10.6 Å². The lowest BCUT2D eigenvalue weighted by atomic mass is 10.0. The van der Waals surface area contributed by atoms with Crippen molar-refractivity contribution in [2.45, 2.75) is 25.8 Å². The molecule has 0 radical (unpaired) electrons. The van der Waals surface area contributed by atoms with Crippen LogP contribution in [0, 0.1) is 0 Å². The highest BCUT2D eigenvalue weighted by atomic mass is 32.1. The molecule has 7 heteroatoms. The first-order valence-electron chi connectivity index (χ1n) is 7.76. The molecule has 1 aromatic carbocycles. The molecular weight excluding hydrogens is 324 g/mol. The van der Waals surface area contributed by atoms with Crippen LogP contribution in [0.3, 0.4) is 0 Å². The van der Waals surface area contributed by atoms with Crippen LogP contribution < -0.4 is 10.6 Å². The van der Waals surface area contributed by atoms with E-state index in [4.69, 9.17) is 4.52 Å². The highest BCUT2D eigenvalue weighted by Crippen LogP contribution is 2.28. The second kappa shape index (κ2) is 6.09. The quantitative estimate of drug-likeness (QED) is 0.754. The van der Waals surface area contributed by atoms with Gasteiger partial charge in [-0.05, 0) is 48.6 Å². The fourth-order valence-corrected chi connectivity index (χ4v) is 3.35. The average molecular weight is 340 g/mol. The van der Waals surface area contributed by atoms with Gasteiger partial charge in [-0.2, -0.15) is 4.98 Å². The largest absolute Gasteiger partial charge is 0.374 e. The zero-order valence-electron chi connectivity index (χ0n) is 13.1. The monoisotopic (exact) mass is 340 g/mol. The van der Waals surface area contributed by atoms with E-state index in [1.165, 1.54) is 0 Å². The van der Waals surface area contributed by atoms with Crippen LogP contribution in [0.2, 0.25) is 0 Å². The smallest absolute Gasteiger partial charge is 0.249 e. The average Bonchev–Trinajstić information content (AvgIpc) is 3.26. The van der Waals surface area contributed by atoms with Gasteiger partial charge in [0, 0.05) is 17.8 Å². The molecule has 1 aliphatic rings. The number of amides is 1. The topological polar surface area (TPSA) is 80.0 Å². The number of hydrogen-bond acceptors (Lipinski definition) is 6. The van der Waals surface area contributed by atoms with Crippen LogP contribution in [0.15, 0.2) is 40.2 Å². The maximum Gasteiger partial charge on any atom is 0.249 e. The van der Waals surface area contributed by atoms with Gasteiger partial charge in [0.1, 0.15) is 6.04 Å². The number of nitrogens with zero attached hydrogens (tertiary/aromatic N) is 2. The van der Waals surface area contributed by atoms with Gasteiger partial charge in [-0.25, -0.2) is 0 Å². The summed E-state index contributed by atoms with van der Waals surface area (Å²) in [4.78, 5) is 16.9. The SMILES string of the molecule is C[C@H](Nc1ccc2c(c1)CCC(=O)N2)c1nc(-c2cccs2)no1. The summed E-state index contributed by atoms with van der Waals surface area (Å²) in [6, 6.07) is 9.74. The number of fused-ring (bicyclic) bond motifs is 1. The van der Waals surface area contributed by atoms with E-state index in [1.54, 1.807) is 11.3 Å². The zero-order valence-corrected chi connectivity index (χ0v) is 13.9. The highest BCUT2D eigenvalue weighted by Gasteiger charge is 2.18.